The van der Waals surface area contributed by atoms with Gasteiger partial charge >= 0.3 is 0 Å². The van der Waals surface area contributed by atoms with E-state index in [4.69, 9.17) is 15.2 Å². The summed E-state index contributed by atoms with van der Waals surface area (Å²) in [6.07, 6.45) is 5.55. The number of fused-ring (bicyclic) bond motifs is 1. The van der Waals surface area contributed by atoms with Crippen LogP contribution in [0.15, 0.2) is 12.3 Å². The van der Waals surface area contributed by atoms with E-state index >= 15 is 0 Å². The van der Waals surface area contributed by atoms with Crippen LogP contribution < -0.4 is 15.2 Å². The molecule has 2 fully saturated rings. The third kappa shape index (κ3) is 2.85. The molecule has 3 atom stereocenters. The maximum atomic E-state index is 6.29. The lowest BCUT2D eigenvalue weighted by atomic mass is 9.78. The summed E-state index contributed by atoms with van der Waals surface area (Å²) < 4.78 is 10.8. The fourth-order valence-electron chi connectivity index (χ4n) is 3.91. The molecule has 1 saturated carbocycles. The Hall–Kier alpha value is -1.33. The van der Waals surface area contributed by atoms with E-state index in [2.05, 4.69) is 9.88 Å². The highest BCUT2D eigenvalue weighted by Crippen LogP contribution is 2.37. The van der Waals surface area contributed by atoms with Crippen molar-refractivity contribution in [1.82, 2.24) is 9.88 Å². The van der Waals surface area contributed by atoms with Crippen molar-refractivity contribution in [3.63, 3.8) is 0 Å². The summed E-state index contributed by atoms with van der Waals surface area (Å²) in [6, 6.07) is 2.20. The monoisotopic (exact) mass is 291 g/mol. The van der Waals surface area contributed by atoms with Gasteiger partial charge < -0.3 is 15.2 Å². The average molecular weight is 291 g/mol. The minimum atomic E-state index is 0.369. The molecule has 1 aliphatic heterocycles. The van der Waals surface area contributed by atoms with Gasteiger partial charge in [-0.3, -0.25) is 9.88 Å². The molecule has 0 radical (unpaired) electrons. The number of ether oxygens (including phenoxy) is 2. The first-order chi connectivity index (χ1) is 10.2. The molecule has 1 aromatic rings. The van der Waals surface area contributed by atoms with Crippen molar-refractivity contribution >= 4 is 0 Å². The number of rotatable bonds is 4. The first kappa shape index (κ1) is 14.6. The van der Waals surface area contributed by atoms with Crippen LogP contribution in [0.5, 0.6) is 11.5 Å². The fourth-order valence-corrected chi connectivity index (χ4v) is 3.91. The Morgan fingerprint density at radius 1 is 1.29 bits per heavy atom. The van der Waals surface area contributed by atoms with Gasteiger partial charge in [0.1, 0.15) is 5.69 Å². The van der Waals surface area contributed by atoms with Crippen molar-refractivity contribution in [3.05, 3.63) is 18.0 Å². The average Bonchev–Trinajstić information content (AvgIpc) is 2.91. The molecule has 0 aromatic carbocycles. The van der Waals surface area contributed by atoms with Gasteiger partial charge in [0.05, 0.1) is 14.2 Å². The molecule has 1 aliphatic carbocycles. The Morgan fingerprint density at radius 2 is 2.14 bits per heavy atom. The van der Waals surface area contributed by atoms with E-state index < -0.39 is 0 Å². The van der Waals surface area contributed by atoms with Gasteiger partial charge in [-0.15, -0.1) is 0 Å². The Bertz CT molecular complexity index is 494. The van der Waals surface area contributed by atoms with Crippen LogP contribution >= 0.6 is 0 Å². The second kappa shape index (κ2) is 6.20. The SMILES string of the molecule is COc1ccnc(CN2CC3CCCC(N)C3C2)c1OC. The van der Waals surface area contributed by atoms with Gasteiger partial charge in [0.25, 0.3) is 0 Å². The molecule has 3 unspecified atom stereocenters. The van der Waals surface area contributed by atoms with E-state index in [1.807, 2.05) is 6.07 Å². The van der Waals surface area contributed by atoms with Crippen molar-refractivity contribution in [3.8, 4) is 11.5 Å². The molecule has 2 N–H and O–H groups in total. The molecular weight excluding hydrogens is 266 g/mol. The highest BCUT2D eigenvalue weighted by Gasteiger charge is 2.38. The summed E-state index contributed by atoms with van der Waals surface area (Å²) in [6.45, 7) is 3.01. The number of aromatic nitrogens is 1. The molecule has 5 heteroatoms. The van der Waals surface area contributed by atoms with Crippen molar-refractivity contribution in [1.29, 1.82) is 0 Å². The minimum Gasteiger partial charge on any atom is -0.493 e. The lowest BCUT2D eigenvalue weighted by Crippen LogP contribution is -2.38. The van der Waals surface area contributed by atoms with Gasteiger partial charge in [-0.05, 0) is 24.7 Å². The zero-order valence-corrected chi connectivity index (χ0v) is 12.9. The Labute approximate surface area is 126 Å². The van der Waals surface area contributed by atoms with Crippen molar-refractivity contribution < 1.29 is 9.47 Å². The molecular formula is C16H25N3O2. The maximum absolute atomic E-state index is 6.29. The molecule has 3 rings (SSSR count). The van der Waals surface area contributed by atoms with Crippen LogP contribution in [0, 0.1) is 11.8 Å². The summed E-state index contributed by atoms with van der Waals surface area (Å²) in [4.78, 5) is 6.94. The van der Waals surface area contributed by atoms with E-state index in [1.165, 1.54) is 19.3 Å². The van der Waals surface area contributed by atoms with Gasteiger partial charge in [-0.1, -0.05) is 6.42 Å². The second-order valence-corrected chi connectivity index (χ2v) is 6.21. The summed E-state index contributed by atoms with van der Waals surface area (Å²) in [5, 5.41) is 0. The smallest absolute Gasteiger partial charge is 0.183 e. The van der Waals surface area contributed by atoms with Crippen LogP contribution in [0.3, 0.4) is 0 Å². The van der Waals surface area contributed by atoms with Gasteiger partial charge in [0.15, 0.2) is 11.5 Å². The summed E-state index contributed by atoms with van der Waals surface area (Å²) >= 11 is 0. The number of methoxy groups -OCH3 is 2. The minimum absolute atomic E-state index is 0.369. The molecule has 2 heterocycles. The van der Waals surface area contributed by atoms with Gasteiger partial charge in [-0.2, -0.15) is 0 Å². The number of likely N-dealkylation sites (tertiary alicyclic amines) is 1. The van der Waals surface area contributed by atoms with Crippen molar-refractivity contribution in [2.75, 3.05) is 27.3 Å². The second-order valence-electron chi connectivity index (χ2n) is 6.21. The predicted molar refractivity (Wildman–Crippen MR) is 81.4 cm³/mol. The molecule has 116 valence electrons. The fraction of sp³-hybridized carbons (Fsp3) is 0.688. The summed E-state index contributed by atoms with van der Waals surface area (Å²) in [7, 11) is 3.33. The van der Waals surface area contributed by atoms with Crippen LogP contribution in [0.4, 0.5) is 0 Å². The van der Waals surface area contributed by atoms with Crippen LogP contribution in [0.25, 0.3) is 0 Å². The number of hydrogen-bond acceptors (Lipinski definition) is 5. The van der Waals surface area contributed by atoms with Crippen LogP contribution in [0.2, 0.25) is 0 Å². The van der Waals surface area contributed by atoms with Crippen LogP contribution in [-0.2, 0) is 6.54 Å². The molecule has 0 amide bonds. The molecule has 21 heavy (non-hydrogen) atoms. The highest BCUT2D eigenvalue weighted by molar-refractivity contribution is 5.42. The molecule has 1 saturated heterocycles. The normalized spacial score (nSPS) is 29.2. The van der Waals surface area contributed by atoms with E-state index in [9.17, 15) is 0 Å². The molecule has 1 aromatic heterocycles. The van der Waals surface area contributed by atoms with E-state index in [-0.39, 0.29) is 0 Å². The summed E-state index contributed by atoms with van der Waals surface area (Å²) in [5.74, 6) is 2.90. The van der Waals surface area contributed by atoms with Gasteiger partial charge in [0, 0.05) is 37.9 Å². The topological polar surface area (TPSA) is 60.6 Å². The summed E-state index contributed by atoms with van der Waals surface area (Å²) in [5.41, 5.74) is 7.24. The van der Waals surface area contributed by atoms with Crippen molar-refractivity contribution in [2.24, 2.45) is 17.6 Å². The first-order valence-electron chi connectivity index (χ1n) is 7.76. The standard InChI is InChI=1S/C16H25N3O2/c1-20-15-6-7-18-14(16(15)21-2)10-19-8-11-4-3-5-13(17)12(11)9-19/h6-7,11-13H,3-5,8-10,17H2,1-2H3. The zero-order valence-electron chi connectivity index (χ0n) is 12.9. The molecule has 5 nitrogen and oxygen atoms in total. The van der Waals surface area contributed by atoms with E-state index in [1.54, 1.807) is 20.4 Å². The molecule has 2 aliphatic rings. The van der Waals surface area contributed by atoms with Gasteiger partial charge in [-0.25, -0.2) is 0 Å². The van der Waals surface area contributed by atoms with Crippen molar-refractivity contribution in [2.45, 2.75) is 31.8 Å². The Morgan fingerprint density at radius 3 is 2.86 bits per heavy atom. The quantitative estimate of drug-likeness (QED) is 0.914. The molecule has 0 bridgehead atoms. The number of nitrogens with zero attached hydrogens (tertiary/aromatic N) is 2. The number of nitrogens with two attached hydrogens (primary N) is 1. The van der Waals surface area contributed by atoms with Gasteiger partial charge in [0.2, 0.25) is 0 Å². The third-order valence-corrected chi connectivity index (χ3v) is 4.97. The largest absolute Gasteiger partial charge is 0.493 e. The Balaban J connectivity index is 1.73. The first-order valence-corrected chi connectivity index (χ1v) is 7.76. The number of hydrogen-bond donors (Lipinski definition) is 1. The third-order valence-electron chi connectivity index (χ3n) is 4.97. The molecule has 0 spiro atoms. The van der Waals surface area contributed by atoms with E-state index in [0.29, 0.717) is 12.0 Å². The Kier molecular flexibility index (Phi) is 4.31. The highest BCUT2D eigenvalue weighted by atomic mass is 16.5. The lowest BCUT2D eigenvalue weighted by molar-refractivity contribution is 0.259. The van der Waals surface area contributed by atoms with Crippen LogP contribution in [0.1, 0.15) is 25.0 Å². The number of pyridine rings is 1. The lowest BCUT2D eigenvalue weighted by Gasteiger charge is -2.29. The maximum Gasteiger partial charge on any atom is 0.183 e. The van der Waals surface area contributed by atoms with E-state index in [0.717, 1.165) is 42.7 Å². The zero-order chi connectivity index (χ0) is 14.8. The predicted octanol–water partition coefficient (Wildman–Crippen LogP) is 1.66. The van der Waals surface area contributed by atoms with Crippen LogP contribution in [-0.4, -0.2) is 43.2 Å².